The van der Waals surface area contributed by atoms with Crippen molar-refractivity contribution in [2.24, 2.45) is 5.73 Å². The Balaban J connectivity index is 0.000000541. The summed E-state index contributed by atoms with van der Waals surface area (Å²) in [7, 11) is 0. The maximum atomic E-state index is 10.9. The Morgan fingerprint density at radius 3 is 2.55 bits per heavy atom. The van der Waals surface area contributed by atoms with Crippen molar-refractivity contribution < 1.29 is 29.4 Å². The molecule has 2 heterocycles. The number of aliphatic hydroxyl groups is 2. The van der Waals surface area contributed by atoms with Crippen LogP contribution in [0.5, 0.6) is 0 Å². The fraction of sp³-hybridized carbons (Fsp3) is 0.273. The van der Waals surface area contributed by atoms with Gasteiger partial charge in [-0.3, -0.25) is 10.1 Å². The summed E-state index contributed by atoms with van der Waals surface area (Å²) in [5, 5.41) is 32.5. The van der Waals surface area contributed by atoms with Crippen molar-refractivity contribution in [2.45, 2.75) is 6.61 Å². The summed E-state index contributed by atoms with van der Waals surface area (Å²) in [6.45, 7) is 0.194. The molecule has 0 fully saturated rings. The van der Waals surface area contributed by atoms with Crippen LogP contribution in [-0.2, 0) is 16.2 Å². The predicted octanol–water partition coefficient (Wildman–Crippen LogP) is -0.749. The number of anilines is 1. The molecule has 120 valence electrons. The lowest BCUT2D eigenvalue weighted by molar-refractivity contribution is -0.147. The topological polar surface area (TPSA) is 172 Å². The first kappa shape index (κ1) is 17.7. The number of nitrogens with two attached hydrogens (primary N) is 1. The number of carbonyl (C=O) groups is 2. The van der Waals surface area contributed by atoms with Crippen LogP contribution in [0, 0.1) is 0 Å². The number of carboxylic acid groups (broad SMARTS) is 1. The first-order chi connectivity index (χ1) is 10.5. The summed E-state index contributed by atoms with van der Waals surface area (Å²) < 4.78 is 4.78. The molecule has 0 radical (unpaired) electrons. The van der Waals surface area contributed by atoms with Crippen molar-refractivity contribution in [2.75, 3.05) is 18.5 Å². The Labute approximate surface area is 128 Å². The number of hydrogen-bond acceptors (Lipinski definition) is 9. The SMILES string of the molecule is NCCO.O=C(O)C(=O)Nc1nc(-c2cc(CO)on2)cs1. The summed E-state index contributed by atoms with van der Waals surface area (Å²) in [6.07, 6.45) is 0. The second kappa shape index (κ2) is 8.84. The third kappa shape index (κ3) is 5.21. The monoisotopic (exact) mass is 330 g/mol. The van der Waals surface area contributed by atoms with E-state index in [2.05, 4.69) is 15.5 Å². The van der Waals surface area contributed by atoms with Crippen LogP contribution >= 0.6 is 11.3 Å². The fourth-order valence-electron chi connectivity index (χ4n) is 1.11. The van der Waals surface area contributed by atoms with Crippen LogP contribution < -0.4 is 11.1 Å². The molecule has 0 aliphatic heterocycles. The van der Waals surface area contributed by atoms with E-state index < -0.39 is 11.9 Å². The van der Waals surface area contributed by atoms with Crippen molar-refractivity contribution in [1.29, 1.82) is 0 Å². The van der Waals surface area contributed by atoms with Crippen LogP contribution in [0.25, 0.3) is 11.4 Å². The highest BCUT2D eigenvalue weighted by Crippen LogP contribution is 2.24. The molecule has 0 aliphatic carbocycles. The van der Waals surface area contributed by atoms with Gasteiger partial charge in [0.2, 0.25) is 0 Å². The second-order valence-corrected chi connectivity index (χ2v) is 4.50. The van der Waals surface area contributed by atoms with Crippen LogP contribution in [0.1, 0.15) is 5.76 Å². The molecule has 0 atom stereocenters. The van der Waals surface area contributed by atoms with Crippen LogP contribution in [0.15, 0.2) is 16.0 Å². The summed E-state index contributed by atoms with van der Waals surface area (Å²) >= 11 is 1.06. The maximum Gasteiger partial charge on any atom is 0.394 e. The summed E-state index contributed by atoms with van der Waals surface area (Å²) in [5.74, 6) is -2.46. The normalized spacial score (nSPS) is 9.77. The number of aliphatic carboxylic acids is 1. The maximum absolute atomic E-state index is 10.9. The average molecular weight is 330 g/mol. The number of carbonyl (C=O) groups excluding carboxylic acids is 1. The highest BCUT2D eigenvalue weighted by molar-refractivity contribution is 7.14. The highest BCUT2D eigenvalue weighted by atomic mass is 32.1. The van der Waals surface area contributed by atoms with Crippen molar-refractivity contribution in [3.63, 3.8) is 0 Å². The van der Waals surface area contributed by atoms with Gasteiger partial charge in [-0.05, 0) is 0 Å². The first-order valence-corrected chi connectivity index (χ1v) is 6.77. The molecule has 2 aromatic heterocycles. The molecule has 10 nitrogen and oxygen atoms in total. The Morgan fingerprint density at radius 2 is 2.05 bits per heavy atom. The first-order valence-electron chi connectivity index (χ1n) is 5.89. The highest BCUT2D eigenvalue weighted by Gasteiger charge is 2.15. The molecule has 2 rings (SSSR count). The average Bonchev–Trinajstić information content (AvgIpc) is 3.15. The van der Waals surface area contributed by atoms with E-state index in [4.69, 9.17) is 25.6 Å². The molecule has 0 saturated heterocycles. The van der Waals surface area contributed by atoms with E-state index in [-0.39, 0.29) is 24.1 Å². The largest absolute Gasteiger partial charge is 0.474 e. The van der Waals surface area contributed by atoms with Crippen LogP contribution in [0.2, 0.25) is 0 Å². The van der Waals surface area contributed by atoms with Crippen LogP contribution in [0.4, 0.5) is 5.13 Å². The van der Waals surface area contributed by atoms with Gasteiger partial charge in [0.25, 0.3) is 0 Å². The lowest BCUT2D eigenvalue weighted by Gasteiger charge is -1.94. The van der Waals surface area contributed by atoms with Gasteiger partial charge in [0.05, 0.1) is 6.61 Å². The molecule has 0 saturated carbocycles. The minimum Gasteiger partial charge on any atom is -0.474 e. The molecule has 0 unspecified atom stereocenters. The Bertz CT molecular complexity index is 624. The standard InChI is InChI=1S/C9H7N3O5S.C2H7NO/c13-2-4-1-5(12-17-4)6-3-18-9(10-6)11-7(14)8(15)16;3-1-2-4/h1,3,13H,2H2,(H,15,16)(H,10,11,14);4H,1-3H2. The van der Waals surface area contributed by atoms with E-state index in [1.54, 1.807) is 5.38 Å². The number of thiazole rings is 1. The smallest absolute Gasteiger partial charge is 0.394 e. The summed E-state index contributed by atoms with van der Waals surface area (Å²) in [6, 6.07) is 1.50. The number of nitrogens with one attached hydrogen (secondary N) is 1. The van der Waals surface area contributed by atoms with E-state index in [1.807, 2.05) is 0 Å². The molecule has 0 bridgehead atoms. The number of nitrogens with zero attached hydrogens (tertiary/aromatic N) is 2. The minimum absolute atomic E-state index is 0.0972. The van der Waals surface area contributed by atoms with E-state index >= 15 is 0 Å². The molecule has 1 amide bonds. The Morgan fingerprint density at radius 1 is 1.36 bits per heavy atom. The molecule has 11 heteroatoms. The molecule has 22 heavy (non-hydrogen) atoms. The number of amides is 1. The van der Waals surface area contributed by atoms with Gasteiger partial charge in [0.1, 0.15) is 18.0 Å². The number of carboxylic acids is 1. The Hall–Kier alpha value is -2.34. The van der Waals surface area contributed by atoms with E-state index in [0.717, 1.165) is 11.3 Å². The quantitative estimate of drug-likeness (QED) is 0.452. The number of aromatic nitrogens is 2. The molecule has 6 N–H and O–H groups in total. The second-order valence-electron chi connectivity index (χ2n) is 3.65. The van der Waals surface area contributed by atoms with E-state index in [0.29, 0.717) is 17.9 Å². The Kier molecular flexibility index (Phi) is 7.12. The van der Waals surface area contributed by atoms with Gasteiger partial charge in [0, 0.05) is 18.0 Å². The minimum atomic E-state index is -1.59. The van der Waals surface area contributed by atoms with Crippen molar-refractivity contribution >= 4 is 28.3 Å². The zero-order valence-corrected chi connectivity index (χ0v) is 12.0. The molecule has 2 aromatic rings. The van der Waals surface area contributed by atoms with Gasteiger partial charge in [0.15, 0.2) is 10.9 Å². The zero-order chi connectivity index (χ0) is 16.5. The lowest BCUT2D eigenvalue weighted by Crippen LogP contribution is -2.21. The predicted molar refractivity (Wildman–Crippen MR) is 75.9 cm³/mol. The zero-order valence-electron chi connectivity index (χ0n) is 11.2. The summed E-state index contributed by atoms with van der Waals surface area (Å²) in [5.41, 5.74) is 5.59. The molecule has 0 spiro atoms. The van der Waals surface area contributed by atoms with Gasteiger partial charge in [-0.1, -0.05) is 5.16 Å². The number of rotatable bonds is 4. The van der Waals surface area contributed by atoms with Crippen molar-refractivity contribution in [3.05, 3.63) is 17.2 Å². The van der Waals surface area contributed by atoms with Gasteiger partial charge < -0.3 is 25.6 Å². The molecule has 0 aliphatic rings. The number of hydrogen-bond donors (Lipinski definition) is 5. The third-order valence-corrected chi connectivity index (χ3v) is 2.78. The molecular formula is C11H14N4O6S. The van der Waals surface area contributed by atoms with Gasteiger partial charge in [-0.15, -0.1) is 11.3 Å². The van der Waals surface area contributed by atoms with Crippen LogP contribution in [-0.4, -0.2) is 50.5 Å². The number of aliphatic hydroxyl groups excluding tert-OH is 2. The third-order valence-electron chi connectivity index (χ3n) is 2.03. The van der Waals surface area contributed by atoms with Gasteiger partial charge in [-0.25, -0.2) is 9.78 Å². The van der Waals surface area contributed by atoms with Crippen molar-refractivity contribution in [3.8, 4) is 11.4 Å². The molecular weight excluding hydrogens is 316 g/mol. The lowest BCUT2D eigenvalue weighted by atomic mass is 10.3. The molecule has 0 aromatic carbocycles. The van der Waals surface area contributed by atoms with Gasteiger partial charge in [-0.2, -0.15) is 0 Å². The fourth-order valence-corrected chi connectivity index (χ4v) is 1.81. The van der Waals surface area contributed by atoms with Crippen LogP contribution in [0.3, 0.4) is 0 Å². The van der Waals surface area contributed by atoms with E-state index in [9.17, 15) is 9.59 Å². The van der Waals surface area contributed by atoms with Gasteiger partial charge >= 0.3 is 11.9 Å². The van der Waals surface area contributed by atoms with Crippen molar-refractivity contribution in [1.82, 2.24) is 10.1 Å². The van der Waals surface area contributed by atoms with E-state index in [1.165, 1.54) is 6.07 Å². The summed E-state index contributed by atoms with van der Waals surface area (Å²) in [4.78, 5) is 25.2.